The van der Waals surface area contributed by atoms with Gasteiger partial charge in [0.25, 0.3) is 0 Å². The third kappa shape index (κ3) is 8.07. The molecule has 0 radical (unpaired) electrons. The molecule has 0 saturated heterocycles. The van der Waals surface area contributed by atoms with Crippen LogP contribution < -0.4 is 5.32 Å². The van der Waals surface area contributed by atoms with Gasteiger partial charge in [-0.25, -0.2) is 0 Å². The zero-order valence-corrected chi connectivity index (χ0v) is 21.1. The van der Waals surface area contributed by atoms with Crippen LogP contribution in [0.2, 0.25) is 20.1 Å². The van der Waals surface area contributed by atoms with Crippen molar-refractivity contribution in [1.29, 1.82) is 0 Å². The molecular formula is C22H24Cl4N2O2S. The maximum atomic E-state index is 13.0. The van der Waals surface area contributed by atoms with Crippen molar-refractivity contribution in [1.82, 2.24) is 10.2 Å². The molecule has 0 spiro atoms. The van der Waals surface area contributed by atoms with Crippen molar-refractivity contribution in [3.05, 3.63) is 67.6 Å². The molecule has 2 aromatic rings. The molecule has 0 aromatic heterocycles. The van der Waals surface area contributed by atoms with E-state index in [1.807, 2.05) is 13.0 Å². The standard InChI is InChI=1S/C22H24Cl4N2O2S/c1-3-8-27-22(30)14(2)28(11-15-4-6-17(23)19(25)9-15)21(29)13-31-12-16-5-7-18(24)20(26)10-16/h4-7,9-10,14H,3,8,11-13H2,1-2H3,(H,27,30)/t14-/m1/s1. The Kier molecular flexibility index (Phi) is 10.8. The molecule has 0 unspecified atom stereocenters. The Labute approximate surface area is 207 Å². The summed E-state index contributed by atoms with van der Waals surface area (Å²) in [5.41, 5.74) is 1.77. The molecule has 0 aliphatic heterocycles. The van der Waals surface area contributed by atoms with Gasteiger partial charge in [0.05, 0.1) is 25.8 Å². The predicted molar refractivity (Wildman–Crippen MR) is 132 cm³/mol. The molecule has 0 aliphatic carbocycles. The highest BCUT2D eigenvalue weighted by molar-refractivity contribution is 7.99. The Bertz CT molecular complexity index is 926. The molecule has 1 atom stereocenters. The monoisotopic (exact) mass is 520 g/mol. The summed E-state index contributed by atoms with van der Waals surface area (Å²) in [5, 5.41) is 4.67. The second-order valence-corrected chi connectivity index (χ2v) is 9.59. The van der Waals surface area contributed by atoms with Crippen molar-refractivity contribution in [3.8, 4) is 0 Å². The smallest absolute Gasteiger partial charge is 0.242 e. The maximum absolute atomic E-state index is 13.0. The quantitative estimate of drug-likeness (QED) is 0.389. The fraction of sp³-hybridized carbons (Fsp3) is 0.364. The van der Waals surface area contributed by atoms with Gasteiger partial charge < -0.3 is 10.2 Å². The summed E-state index contributed by atoms with van der Waals surface area (Å²) >= 11 is 25.6. The van der Waals surface area contributed by atoms with Crippen LogP contribution in [-0.2, 0) is 21.9 Å². The Balaban J connectivity index is 2.09. The Morgan fingerprint density at radius 1 is 0.968 bits per heavy atom. The van der Waals surface area contributed by atoms with Crippen LogP contribution in [0.4, 0.5) is 0 Å². The van der Waals surface area contributed by atoms with E-state index in [9.17, 15) is 9.59 Å². The summed E-state index contributed by atoms with van der Waals surface area (Å²) in [4.78, 5) is 27.1. The summed E-state index contributed by atoms with van der Waals surface area (Å²) in [6, 6.07) is 9.97. The van der Waals surface area contributed by atoms with E-state index in [1.165, 1.54) is 11.8 Å². The lowest BCUT2D eigenvalue weighted by Crippen LogP contribution is -2.48. The van der Waals surface area contributed by atoms with Crippen molar-refractivity contribution in [2.24, 2.45) is 0 Å². The van der Waals surface area contributed by atoms with Crippen molar-refractivity contribution in [2.75, 3.05) is 12.3 Å². The van der Waals surface area contributed by atoms with Crippen LogP contribution in [0, 0.1) is 0 Å². The number of rotatable bonds is 10. The average molecular weight is 522 g/mol. The fourth-order valence-corrected chi connectivity index (χ4v) is 4.28. The van der Waals surface area contributed by atoms with Gasteiger partial charge in [-0.15, -0.1) is 11.8 Å². The van der Waals surface area contributed by atoms with Crippen LogP contribution in [-0.4, -0.2) is 35.1 Å². The first-order chi connectivity index (χ1) is 14.7. The van der Waals surface area contributed by atoms with E-state index in [0.717, 1.165) is 17.5 Å². The molecule has 4 nitrogen and oxygen atoms in total. The second kappa shape index (κ2) is 12.8. The largest absolute Gasteiger partial charge is 0.354 e. The Hall–Kier alpha value is -1.11. The van der Waals surface area contributed by atoms with Gasteiger partial charge in [-0.3, -0.25) is 9.59 Å². The van der Waals surface area contributed by atoms with Crippen LogP contribution in [0.15, 0.2) is 36.4 Å². The van der Waals surface area contributed by atoms with Gasteiger partial charge in [-0.05, 0) is 48.7 Å². The second-order valence-electron chi connectivity index (χ2n) is 6.98. The van der Waals surface area contributed by atoms with Crippen molar-refractivity contribution < 1.29 is 9.59 Å². The van der Waals surface area contributed by atoms with Gasteiger partial charge in [0.15, 0.2) is 0 Å². The van der Waals surface area contributed by atoms with E-state index in [-0.39, 0.29) is 24.1 Å². The summed E-state index contributed by atoms with van der Waals surface area (Å²) in [6.07, 6.45) is 0.818. The molecule has 0 bridgehead atoms. The highest BCUT2D eigenvalue weighted by Crippen LogP contribution is 2.26. The molecule has 1 N–H and O–H groups in total. The maximum Gasteiger partial charge on any atom is 0.242 e. The lowest BCUT2D eigenvalue weighted by molar-refractivity contribution is -0.138. The molecule has 0 saturated carbocycles. The van der Waals surface area contributed by atoms with E-state index in [2.05, 4.69) is 5.32 Å². The molecule has 2 rings (SSSR count). The number of amides is 2. The van der Waals surface area contributed by atoms with E-state index in [4.69, 9.17) is 46.4 Å². The van der Waals surface area contributed by atoms with Gasteiger partial charge in [0.2, 0.25) is 11.8 Å². The van der Waals surface area contributed by atoms with E-state index in [0.29, 0.717) is 32.4 Å². The van der Waals surface area contributed by atoms with Crippen LogP contribution in [0.5, 0.6) is 0 Å². The van der Waals surface area contributed by atoms with Crippen LogP contribution >= 0.6 is 58.2 Å². The zero-order valence-electron chi connectivity index (χ0n) is 17.3. The minimum Gasteiger partial charge on any atom is -0.354 e. The van der Waals surface area contributed by atoms with Gasteiger partial charge in [-0.1, -0.05) is 65.5 Å². The summed E-state index contributed by atoms with van der Waals surface area (Å²) in [7, 11) is 0. The minimum atomic E-state index is -0.626. The number of halogens is 4. The van der Waals surface area contributed by atoms with Crippen molar-refractivity contribution in [2.45, 2.75) is 38.6 Å². The number of carbonyl (C=O) groups excluding carboxylic acids is 2. The van der Waals surface area contributed by atoms with E-state index in [1.54, 1.807) is 42.2 Å². The van der Waals surface area contributed by atoms with Crippen molar-refractivity contribution in [3.63, 3.8) is 0 Å². The number of hydrogen-bond acceptors (Lipinski definition) is 3. The molecule has 0 heterocycles. The van der Waals surface area contributed by atoms with Crippen LogP contribution in [0.1, 0.15) is 31.4 Å². The highest BCUT2D eigenvalue weighted by Gasteiger charge is 2.26. The van der Waals surface area contributed by atoms with Gasteiger partial charge in [-0.2, -0.15) is 0 Å². The first kappa shape index (κ1) is 26.1. The molecular weight excluding hydrogens is 498 g/mol. The number of nitrogens with one attached hydrogen (secondary N) is 1. The summed E-state index contributed by atoms with van der Waals surface area (Å²) in [5.74, 6) is 0.479. The van der Waals surface area contributed by atoms with E-state index >= 15 is 0 Å². The van der Waals surface area contributed by atoms with Crippen LogP contribution in [0.25, 0.3) is 0 Å². The molecule has 31 heavy (non-hydrogen) atoms. The van der Waals surface area contributed by atoms with Crippen LogP contribution in [0.3, 0.4) is 0 Å². The molecule has 0 fully saturated rings. The normalized spacial score (nSPS) is 11.8. The first-order valence-corrected chi connectivity index (χ1v) is 12.4. The fourth-order valence-electron chi connectivity index (χ4n) is 2.78. The molecule has 168 valence electrons. The highest BCUT2D eigenvalue weighted by atomic mass is 35.5. The summed E-state index contributed by atoms with van der Waals surface area (Å²) < 4.78 is 0. The number of hydrogen-bond donors (Lipinski definition) is 1. The number of thioether (sulfide) groups is 1. The molecule has 0 aliphatic rings. The lowest BCUT2D eigenvalue weighted by Gasteiger charge is -2.29. The van der Waals surface area contributed by atoms with Gasteiger partial charge in [0, 0.05) is 18.8 Å². The van der Waals surface area contributed by atoms with E-state index < -0.39 is 6.04 Å². The average Bonchev–Trinajstić information content (AvgIpc) is 2.74. The molecule has 2 amide bonds. The lowest BCUT2D eigenvalue weighted by atomic mass is 10.1. The SMILES string of the molecule is CCCNC(=O)[C@@H](C)N(Cc1ccc(Cl)c(Cl)c1)C(=O)CSCc1ccc(Cl)c(Cl)c1. The Morgan fingerprint density at radius 2 is 1.55 bits per heavy atom. The first-order valence-electron chi connectivity index (χ1n) is 9.75. The minimum absolute atomic E-state index is 0.143. The van der Waals surface area contributed by atoms with Gasteiger partial charge >= 0.3 is 0 Å². The third-order valence-electron chi connectivity index (χ3n) is 4.53. The number of benzene rings is 2. The topological polar surface area (TPSA) is 49.4 Å². The molecule has 2 aromatic carbocycles. The predicted octanol–water partition coefficient (Wildman–Crippen LogP) is 6.48. The molecule has 9 heteroatoms. The summed E-state index contributed by atoms with van der Waals surface area (Å²) in [6.45, 7) is 4.51. The number of carbonyl (C=O) groups is 2. The zero-order chi connectivity index (χ0) is 23.0. The number of nitrogens with zero attached hydrogens (tertiary/aromatic N) is 1. The third-order valence-corrected chi connectivity index (χ3v) is 7.00. The van der Waals surface area contributed by atoms with Gasteiger partial charge in [0.1, 0.15) is 6.04 Å². The van der Waals surface area contributed by atoms with Crippen molar-refractivity contribution >= 4 is 70.0 Å². The Morgan fingerprint density at radius 3 is 2.13 bits per heavy atom.